The number of rotatable bonds is 5. The van der Waals surface area contributed by atoms with Crippen LogP contribution < -0.4 is 4.74 Å². The Morgan fingerprint density at radius 2 is 2.00 bits per heavy atom. The maximum absolute atomic E-state index is 11.6. The van der Waals surface area contributed by atoms with Crippen molar-refractivity contribution in [2.75, 3.05) is 13.4 Å². The van der Waals surface area contributed by atoms with Crippen molar-refractivity contribution in [2.24, 2.45) is 0 Å². The number of hydrogen-bond acceptors (Lipinski definition) is 6. The molecule has 0 saturated heterocycles. The lowest BCUT2D eigenvalue weighted by Gasteiger charge is -2.10. The molecule has 0 N–H and O–H groups in total. The van der Waals surface area contributed by atoms with Crippen molar-refractivity contribution in [3.05, 3.63) is 57.9 Å². The van der Waals surface area contributed by atoms with Crippen LogP contribution in [0, 0.1) is 10.1 Å². The third-order valence-electron chi connectivity index (χ3n) is 3.07. The first-order chi connectivity index (χ1) is 10.3. The average Bonchev–Trinajstić information content (AvgIpc) is 2.46. The van der Waals surface area contributed by atoms with Crippen LogP contribution in [0.15, 0.2) is 41.6 Å². The first-order valence-electron chi connectivity index (χ1n) is 6.26. The number of aromatic nitrogens is 1. The third kappa shape index (κ3) is 3.59. The summed E-state index contributed by atoms with van der Waals surface area (Å²) in [5, 5.41) is 10.8. The second kappa shape index (κ2) is 6.10. The number of nitrogens with zero attached hydrogens (tertiary/aromatic N) is 2. The van der Waals surface area contributed by atoms with E-state index < -0.39 is 14.8 Å². The molecule has 0 unspecified atom stereocenters. The second-order valence-electron chi connectivity index (χ2n) is 4.73. The highest BCUT2D eigenvalue weighted by Gasteiger charge is 2.13. The topological polar surface area (TPSA) is 99.4 Å². The lowest BCUT2D eigenvalue weighted by atomic mass is 10.1. The van der Waals surface area contributed by atoms with Crippen LogP contribution in [0.4, 0.5) is 5.69 Å². The van der Waals surface area contributed by atoms with E-state index in [1.165, 1.54) is 31.5 Å². The van der Waals surface area contributed by atoms with E-state index in [1.54, 1.807) is 6.07 Å². The molecule has 0 radical (unpaired) electrons. The van der Waals surface area contributed by atoms with Crippen LogP contribution in [-0.2, 0) is 16.3 Å². The van der Waals surface area contributed by atoms with Crippen LogP contribution in [0.1, 0.15) is 11.1 Å². The molecule has 0 aliphatic heterocycles. The molecule has 1 heterocycles. The Hall–Kier alpha value is -2.48. The lowest BCUT2D eigenvalue weighted by Crippen LogP contribution is -2.01. The van der Waals surface area contributed by atoms with E-state index in [4.69, 9.17) is 4.74 Å². The van der Waals surface area contributed by atoms with Crippen molar-refractivity contribution in [3.63, 3.8) is 0 Å². The van der Waals surface area contributed by atoms with Crippen LogP contribution >= 0.6 is 0 Å². The number of methoxy groups -OCH3 is 1. The quantitative estimate of drug-likeness (QED) is 0.616. The average molecular weight is 322 g/mol. The third-order valence-corrected chi connectivity index (χ3v) is 4.18. The molecular weight excluding hydrogens is 308 g/mol. The summed E-state index contributed by atoms with van der Waals surface area (Å²) in [6.07, 6.45) is 4.06. The number of pyridine rings is 1. The van der Waals surface area contributed by atoms with Gasteiger partial charge in [-0.05, 0) is 29.3 Å². The van der Waals surface area contributed by atoms with Crippen LogP contribution in [0.2, 0.25) is 0 Å². The van der Waals surface area contributed by atoms with E-state index in [2.05, 4.69) is 4.98 Å². The lowest BCUT2D eigenvalue weighted by molar-refractivity contribution is -0.385. The van der Waals surface area contributed by atoms with Crippen molar-refractivity contribution in [3.8, 4) is 5.75 Å². The Kier molecular flexibility index (Phi) is 4.41. The van der Waals surface area contributed by atoms with Crippen LogP contribution in [0.3, 0.4) is 0 Å². The second-order valence-corrected chi connectivity index (χ2v) is 6.75. The Morgan fingerprint density at radius 1 is 1.27 bits per heavy atom. The van der Waals surface area contributed by atoms with Crippen LogP contribution in [0.25, 0.3) is 0 Å². The summed E-state index contributed by atoms with van der Waals surface area (Å²) in [5.74, 6) is 0.513. The SMILES string of the molecule is COc1ccc(S(C)(=O)=O)cc1Cc1cncc([N+](=O)[O-])c1. The van der Waals surface area contributed by atoms with Crippen LogP contribution in [-0.4, -0.2) is 31.7 Å². The minimum absolute atomic E-state index is 0.115. The van der Waals surface area contributed by atoms with Crippen molar-refractivity contribution in [1.82, 2.24) is 4.98 Å². The first kappa shape index (κ1) is 15.9. The monoisotopic (exact) mass is 322 g/mol. The van der Waals surface area contributed by atoms with Gasteiger partial charge < -0.3 is 4.74 Å². The number of sulfone groups is 1. The zero-order chi connectivity index (χ0) is 16.3. The molecule has 2 aromatic rings. The number of benzene rings is 1. The molecule has 22 heavy (non-hydrogen) atoms. The molecule has 116 valence electrons. The molecular formula is C14H14N2O5S. The molecule has 8 heteroatoms. The van der Waals surface area contributed by atoms with E-state index in [0.717, 1.165) is 12.5 Å². The van der Waals surface area contributed by atoms with Crippen molar-refractivity contribution >= 4 is 15.5 Å². The Bertz CT molecular complexity index is 818. The highest BCUT2D eigenvalue weighted by Crippen LogP contribution is 2.25. The fourth-order valence-corrected chi connectivity index (χ4v) is 2.69. The minimum atomic E-state index is -3.34. The van der Waals surface area contributed by atoms with Gasteiger partial charge in [0.25, 0.3) is 5.69 Å². The van der Waals surface area contributed by atoms with E-state index in [-0.39, 0.29) is 17.0 Å². The van der Waals surface area contributed by atoms with E-state index in [1.807, 2.05) is 0 Å². The summed E-state index contributed by atoms with van der Waals surface area (Å²) in [5.41, 5.74) is 1.10. The summed E-state index contributed by atoms with van der Waals surface area (Å²) in [7, 11) is -1.87. The van der Waals surface area contributed by atoms with Gasteiger partial charge in [0.05, 0.1) is 16.9 Å². The molecule has 7 nitrogen and oxygen atoms in total. The smallest absolute Gasteiger partial charge is 0.287 e. The normalized spacial score (nSPS) is 11.2. The predicted octanol–water partition coefficient (Wildman–Crippen LogP) is 1.99. The Balaban J connectivity index is 2.43. The van der Waals surface area contributed by atoms with Gasteiger partial charge in [-0.3, -0.25) is 15.1 Å². The van der Waals surface area contributed by atoms with Gasteiger partial charge in [0.2, 0.25) is 0 Å². The standard InChI is InChI=1S/C14H14N2O5S/c1-21-14-4-3-13(22(2,19)20)7-11(14)5-10-6-12(16(17)18)9-15-8-10/h3-4,6-9H,5H2,1-2H3. The molecule has 0 aliphatic rings. The summed E-state index contributed by atoms with van der Waals surface area (Å²) in [6, 6.07) is 5.94. The first-order valence-corrected chi connectivity index (χ1v) is 8.15. The largest absolute Gasteiger partial charge is 0.496 e. The van der Waals surface area contributed by atoms with E-state index >= 15 is 0 Å². The van der Waals surface area contributed by atoms with Gasteiger partial charge >= 0.3 is 0 Å². The summed E-state index contributed by atoms with van der Waals surface area (Å²) < 4.78 is 28.5. The minimum Gasteiger partial charge on any atom is -0.496 e. The molecule has 0 saturated carbocycles. The molecule has 1 aromatic heterocycles. The van der Waals surface area contributed by atoms with E-state index in [9.17, 15) is 18.5 Å². The Morgan fingerprint density at radius 3 is 2.59 bits per heavy atom. The van der Waals surface area contributed by atoms with Gasteiger partial charge in [-0.1, -0.05) is 0 Å². The maximum Gasteiger partial charge on any atom is 0.287 e. The van der Waals surface area contributed by atoms with Gasteiger partial charge in [-0.25, -0.2) is 8.42 Å². The maximum atomic E-state index is 11.6. The molecule has 0 amide bonds. The van der Waals surface area contributed by atoms with Gasteiger partial charge in [-0.15, -0.1) is 0 Å². The molecule has 0 atom stereocenters. The molecule has 0 aliphatic carbocycles. The highest BCUT2D eigenvalue weighted by molar-refractivity contribution is 7.90. The van der Waals surface area contributed by atoms with Crippen LogP contribution in [0.5, 0.6) is 5.75 Å². The van der Waals surface area contributed by atoms with Crippen molar-refractivity contribution in [1.29, 1.82) is 0 Å². The van der Waals surface area contributed by atoms with Gasteiger partial charge in [0, 0.05) is 24.9 Å². The summed E-state index contributed by atoms with van der Waals surface area (Å²) in [6.45, 7) is 0. The predicted molar refractivity (Wildman–Crippen MR) is 79.8 cm³/mol. The van der Waals surface area contributed by atoms with Crippen molar-refractivity contribution in [2.45, 2.75) is 11.3 Å². The fraction of sp³-hybridized carbons (Fsp3) is 0.214. The van der Waals surface area contributed by atoms with Gasteiger partial charge in [0.15, 0.2) is 9.84 Å². The zero-order valence-electron chi connectivity index (χ0n) is 12.0. The summed E-state index contributed by atoms with van der Waals surface area (Å²) >= 11 is 0. The van der Waals surface area contributed by atoms with Gasteiger partial charge in [-0.2, -0.15) is 0 Å². The number of ether oxygens (including phenoxy) is 1. The summed E-state index contributed by atoms with van der Waals surface area (Å²) in [4.78, 5) is 14.2. The molecule has 0 spiro atoms. The molecule has 0 bridgehead atoms. The Labute approximate surface area is 127 Å². The fourth-order valence-electron chi connectivity index (χ4n) is 2.01. The molecule has 0 fully saturated rings. The van der Waals surface area contributed by atoms with E-state index in [0.29, 0.717) is 16.9 Å². The number of hydrogen-bond donors (Lipinski definition) is 0. The van der Waals surface area contributed by atoms with Gasteiger partial charge in [0.1, 0.15) is 11.9 Å². The molecule has 1 aromatic carbocycles. The highest BCUT2D eigenvalue weighted by atomic mass is 32.2. The zero-order valence-corrected chi connectivity index (χ0v) is 12.8. The number of nitro groups is 1. The molecule has 2 rings (SSSR count). The van der Waals surface area contributed by atoms with Crippen molar-refractivity contribution < 1.29 is 18.1 Å².